The predicted molar refractivity (Wildman–Crippen MR) is 94.8 cm³/mol. The first-order valence-corrected chi connectivity index (χ1v) is 7.86. The molecule has 2 rings (SSSR count). The number of ketones is 1. The minimum absolute atomic E-state index is 0.196. The Morgan fingerprint density at radius 1 is 0.960 bits per heavy atom. The SMILES string of the molecule is COc1cccc(C#N)c1C(=O)c1c(OC)cc(C(C)C)cc1OC. The van der Waals surface area contributed by atoms with Gasteiger partial charge < -0.3 is 14.2 Å². The van der Waals surface area contributed by atoms with E-state index in [4.69, 9.17) is 14.2 Å². The van der Waals surface area contributed by atoms with Gasteiger partial charge >= 0.3 is 0 Å². The van der Waals surface area contributed by atoms with E-state index in [1.807, 2.05) is 32.0 Å². The number of hydrogen-bond donors (Lipinski definition) is 0. The van der Waals surface area contributed by atoms with Gasteiger partial charge in [0, 0.05) is 0 Å². The third-order valence-corrected chi connectivity index (χ3v) is 4.02. The summed E-state index contributed by atoms with van der Waals surface area (Å²) in [5.74, 6) is 1.01. The Balaban J connectivity index is 2.75. The van der Waals surface area contributed by atoms with Crippen molar-refractivity contribution in [3.63, 3.8) is 0 Å². The minimum Gasteiger partial charge on any atom is -0.496 e. The summed E-state index contributed by atoms with van der Waals surface area (Å²) in [6, 6.07) is 10.6. The number of rotatable bonds is 6. The third kappa shape index (κ3) is 3.43. The highest BCUT2D eigenvalue weighted by molar-refractivity contribution is 6.15. The largest absolute Gasteiger partial charge is 0.496 e. The number of hydrogen-bond acceptors (Lipinski definition) is 5. The first-order chi connectivity index (χ1) is 12.0. The van der Waals surface area contributed by atoms with E-state index >= 15 is 0 Å². The second kappa shape index (κ2) is 7.71. The van der Waals surface area contributed by atoms with Crippen LogP contribution < -0.4 is 14.2 Å². The van der Waals surface area contributed by atoms with Gasteiger partial charge in [0.05, 0.1) is 32.5 Å². The molecule has 0 aromatic heterocycles. The van der Waals surface area contributed by atoms with Crippen molar-refractivity contribution >= 4 is 5.78 Å². The fourth-order valence-electron chi connectivity index (χ4n) is 2.64. The van der Waals surface area contributed by atoms with Crippen LogP contribution in [0.15, 0.2) is 30.3 Å². The average Bonchev–Trinajstić information content (AvgIpc) is 2.65. The summed E-state index contributed by atoms with van der Waals surface area (Å²) < 4.78 is 16.2. The van der Waals surface area contributed by atoms with Gasteiger partial charge in [-0.2, -0.15) is 5.26 Å². The quantitative estimate of drug-likeness (QED) is 0.746. The Labute approximate surface area is 147 Å². The minimum atomic E-state index is -0.377. The van der Waals surface area contributed by atoms with Crippen LogP contribution >= 0.6 is 0 Å². The van der Waals surface area contributed by atoms with Crippen molar-refractivity contribution in [2.24, 2.45) is 0 Å². The normalized spacial score (nSPS) is 10.3. The Hall–Kier alpha value is -3.00. The molecule has 2 aromatic rings. The predicted octanol–water partition coefficient (Wildman–Crippen LogP) is 3.94. The lowest BCUT2D eigenvalue weighted by atomic mass is 9.93. The van der Waals surface area contributed by atoms with Crippen LogP contribution in [0.2, 0.25) is 0 Å². The fourth-order valence-corrected chi connectivity index (χ4v) is 2.64. The average molecular weight is 339 g/mol. The molecule has 0 atom stereocenters. The van der Waals surface area contributed by atoms with Gasteiger partial charge in [-0.25, -0.2) is 0 Å². The number of nitriles is 1. The third-order valence-electron chi connectivity index (χ3n) is 4.02. The van der Waals surface area contributed by atoms with Crippen LogP contribution in [-0.2, 0) is 0 Å². The first-order valence-electron chi connectivity index (χ1n) is 7.86. The van der Waals surface area contributed by atoms with Crippen LogP contribution in [-0.4, -0.2) is 27.1 Å². The van der Waals surface area contributed by atoms with E-state index in [1.165, 1.54) is 21.3 Å². The highest BCUT2D eigenvalue weighted by Crippen LogP contribution is 2.37. The molecule has 0 fully saturated rings. The summed E-state index contributed by atoms with van der Waals surface area (Å²) in [5, 5.41) is 9.38. The van der Waals surface area contributed by atoms with Gasteiger partial charge in [0.1, 0.15) is 28.9 Å². The lowest BCUT2D eigenvalue weighted by molar-refractivity contribution is 0.103. The van der Waals surface area contributed by atoms with Gasteiger partial charge in [-0.1, -0.05) is 19.9 Å². The maximum absolute atomic E-state index is 13.3. The smallest absolute Gasteiger partial charge is 0.205 e. The van der Waals surface area contributed by atoms with E-state index in [9.17, 15) is 10.1 Å². The number of nitrogens with zero attached hydrogens (tertiary/aromatic N) is 1. The van der Waals surface area contributed by atoms with Crippen molar-refractivity contribution in [1.29, 1.82) is 5.26 Å². The zero-order chi connectivity index (χ0) is 18.6. The topological polar surface area (TPSA) is 68.5 Å². The van der Waals surface area contributed by atoms with E-state index in [2.05, 4.69) is 0 Å². The zero-order valence-corrected chi connectivity index (χ0v) is 15.0. The maximum atomic E-state index is 13.3. The summed E-state index contributed by atoms with van der Waals surface area (Å²) in [6.07, 6.45) is 0. The van der Waals surface area contributed by atoms with E-state index < -0.39 is 0 Å². The molecule has 5 nitrogen and oxygen atoms in total. The summed E-state index contributed by atoms with van der Waals surface area (Å²) in [7, 11) is 4.47. The molecular weight excluding hydrogens is 318 g/mol. The van der Waals surface area contributed by atoms with Gasteiger partial charge in [-0.05, 0) is 35.7 Å². The summed E-state index contributed by atoms with van der Waals surface area (Å²) >= 11 is 0. The molecular formula is C20H21NO4. The van der Waals surface area contributed by atoms with Crippen molar-refractivity contribution in [2.75, 3.05) is 21.3 Å². The van der Waals surface area contributed by atoms with Crippen molar-refractivity contribution in [3.05, 3.63) is 52.6 Å². The molecule has 0 heterocycles. The monoisotopic (exact) mass is 339 g/mol. The Bertz CT molecular complexity index is 809. The van der Waals surface area contributed by atoms with E-state index in [0.29, 0.717) is 17.2 Å². The standard InChI is InChI=1S/C20H21NO4/c1-12(2)14-9-16(24-4)19(17(10-14)25-5)20(22)18-13(11-21)7-6-8-15(18)23-3/h6-10,12H,1-5H3. The van der Waals surface area contributed by atoms with Crippen molar-refractivity contribution in [3.8, 4) is 23.3 Å². The molecule has 0 aliphatic heterocycles. The Kier molecular flexibility index (Phi) is 5.66. The molecule has 0 aliphatic rings. The van der Waals surface area contributed by atoms with Crippen LogP contribution in [0.1, 0.15) is 46.8 Å². The summed E-state index contributed by atoms with van der Waals surface area (Å²) in [6.45, 7) is 4.09. The number of ether oxygens (including phenoxy) is 3. The molecule has 25 heavy (non-hydrogen) atoms. The molecule has 0 aliphatic carbocycles. The number of benzene rings is 2. The zero-order valence-electron chi connectivity index (χ0n) is 15.0. The van der Waals surface area contributed by atoms with Crippen molar-refractivity contribution < 1.29 is 19.0 Å². The van der Waals surface area contributed by atoms with Crippen LogP contribution in [0.5, 0.6) is 17.2 Å². The molecule has 5 heteroatoms. The Morgan fingerprint density at radius 2 is 1.52 bits per heavy atom. The Morgan fingerprint density at radius 3 is 1.96 bits per heavy atom. The first kappa shape index (κ1) is 18.3. The summed E-state index contributed by atoms with van der Waals surface area (Å²) in [5.41, 5.74) is 1.70. The van der Waals surface area contributed by atoms with Gasteiger partial charge in [0.2, 0.25) is 5.78 Å². The number of methoxy groups -OCH3 is 3. The molecule has 0 radical (unpaired) electrons. The highest BCUT2D eigenvalue weighted by Gasteiger charge is 2.26. The van der Waals surface area contributed by atoms with Crippen molar-refractivity contribution in [1.82, 2.24) is 0 Å². The molecule has 130 valence electrons. The molecule has 0 unspecified atom stereocenters. The lowest BCUT2D eigenvalue weighted by Gasteiger charge is -2.17. The van der Waals surface area contributed by atoms with Crippen LogP contribution in [0.3, 0.4) is 0 Å². The van der Waals surface area contributed by atoms with E-state index in [1.54, 1.807) is 18.2 Å². The van der Waals surface area contributed by atoms with Gasteiger partial charge in [0.25, 0.3) is 0 Å². The van der Waals surface area contributed by atoms with E-state index in [0.717, 1.165) is 5.56 Å². The molecule has 2 aromatic carbocycles. The van der Waals surface area contributed by atoms with Gasteiger partial charge in [-0.3, -0.25) is 4.79 Å². The number of carbonyl (C=O) groups is 1. The molecule has 0 N–H and O–H groups in total. The molecule has 0 bridgehead atoms. The second-order valence-corrected chi connectivity index (χ2v) is 5.78. The molecule has 0 saturated heterocycles. The second-order valence-electron chi connectivity index (χ2n) is 5.78. The van der Waals surface area contributed by atoms with Crippen molar-refractivity contribution in [2.45, 2.75) is 19.8 Å². The summed E-state index contributed by atoms with van der Waals surface area (Å²) in [4.78, 5) is 13.3. The van der Waals surface area contributed by atoms with Gasteiger partial charge in [0.15, 0.2) is 0 Å². The van der Waals surface area contributed by atoms with Gasteiger partial charge in [-0.15, -0.1) is 0 Å². The maximum Gasteiger partial charge on any atom is 0.205 e. The van der Waals surface area contributed by atoms with Crippen LogP contribution in [0, 0.1) is 11.3 Å². The molecule has 0 amide bonds. The highest BCUT2D eigenvalue weighted by atomic mass is 16.5. The fraction of sp³-hybridized carbons (Fsp3) is 0.300. The molecule has 0 saturated carbocycles. The number of carbonyl (C=O) groups excluding carboxylic acids is 1. The van der Waals surface area contributed by atoms with E-state index in [-0.39, 0.29) is 28.4 Å². The lowest BCUT2D eigenvalue weighted by Crippen LogP contribution is -2.11. The van der Waals surface area contributed by atoms with Crippen LogP contribution in [0.25, 0.3) is 0 Å². The molecule has 0 spiro atoms. The van der Waals surface area contributed by atoms with Crippen LogP contribution in [0.4, 0.5) is 0 Å².